The Kier molecular flexibility index (Phi) is 3.96. The lowest BCUT2D eigenvalue weighted by Gasteiger charge is -2.29. The minimum atomic E-state index is -0.398. The highest BCUT2D eigenvalue weighted by molar-refractivity contribution is 9.10. The summed E-state index contributed by atoms with van der Waals surface area (Å²) in [6.07, 6.45) is 1.02. The van der Waals surface area contributed by atoms with Crippen LogP contribution in [0.4, 0.5) is 5.69 Å². The molecule has 3 heterocycles. The van der Waals surface area contributed by atoms with E-state index in [1.807, 2.05) is 24.3 Å². The first-order valence-electron chi connectivity index (χ1n) is 9.29. The van der Waals surface area contributed by atoms with Crippen molar-refractivity contribution >= 4 is 33.4 Å². The third-order valence-corrected chi connectivity index (χ3v) is 6.38. The highest BCUT2D eigenvalue weighted by Crippen LogP contribution is 2.49. The van der Waals surface area contributed by atoms with E-state index in [2.05, 4.69) is 57.1 Å². The van der Waals surface area contributed by atoms with E-state index in [-0.39, 0.29) is 23.8 Å². The fourth-order valence-corrected chi connectivity index (χ4v) is 5.13. The van der Waals surface area contributed by atoms with Crippen LogP contribution in [0.2, 0.25) is 0 Å². The van der Waals surface area contributed by atoms with Crippen molar-refractivity contribution in [3.63, 3.8) is 0 Å². The zero-order valence-corrected chi connectivity index (χ0v) is 16.6. The molecule has 0 bridgehead atoms. The molecular weight excluding hydrogens is 406 g/mol. The van der Waals surface area contributed by atoms with E-state index in [9.17, 15) is 9.59 Å². The number of benzene rings is 2. The van der Waals surface area contributed by atoms with Crippen LogP contribution in [0.1, 0.15) is 23.6 Å². The summed E-state index contributed by atoms with van der Waals surface area (Å²) in [6, 6.07) is 15.3. The number of hydrogen-bond donors (Lipinski definition) is 0. The molecule has 3 atom stereocenters. The Morgan fingerprint density at radius 3 is 2.33 bits per heavy atom. The van der Waals surface area contributed by atoms with Crippen molar-refractivity contribution in [2.45, 2.75) is 25.4 Å². The molecule has 0 saturated carbocycles. The molecule has 0 spiro atoms. The molecule has 0 aliphatic carbocycles. The third kappa shape index (κ3) is 2.51. The Balaban J connectivity index is 1.59. The lowest BCUT2D eigenvalue weighted by Crippen LogP contribution is -2.44. The van der Waals surface area contributed by atoms with Gasteiger partial charge in [-0.15, -0.1) is 0 Å². The summed E-state index contributed by atoms with van der Waals surface area (Å²) in [5.41, 5.74) is 2.94. The highest BCUT2D eigenvalue weighted by atomic mass is 79.9. The molecule has 0 N–H and O–H groups in total. The number of aryl methyl sites for hydroxylation is 1. The molecule has 27 heavy (non-hydrogen) atoms. The van der Waals surface area contributed by atoms with Gasteiger partial charge in [0.25, 0.3) is 5.91 Å². The van der Waals surface area contributed by atoms with Crippen LogP contribution in [-0.2, 0) is 9.59 Å². The number of nitrogens with zero attached hydrogens (tertiary/aromatic N) is 3. The summed E-state index contributed by atoms with van der Waals surface area (Å²) in [4.78, 5) is 28.1. The topological polar surface area (TPSA) is 43.9 Å². The number of fused-ring (bicyclic) bond motifs is 3. The molecule has 3 aliphatic heterocycles. The molecule has 2 aromatic rings. The maximum atomic E-state index is 13.4. The average molecular weight is 426 g/mol. The average Bonchev–Trinajstić information content (AvgIpc) is 3.28. The largest absolute Gasteiger partial charge is 0.274 e. The smallest absolute Gasteiger partial charge is 0.253 e. The van der Waals surface area contributed by atoms with Crippen LogP contribution in [0.25, 0.3) is 0 Å². The number of carbonyl (C=O) groups excluding carboxylic acids is 2. The molecule has 2 amide bonds. The van der Waals surface area contributed by atoms with Crippen LogP contribution in [0.15, 0.2) is 53.0 Å². The second-order valence-electron chi connectivity index (χ2n) is 7.50. The lowest BCUT2D eigenvalue weighted by atomic mass is 9.89. The van der Waals surface area contributed by atoms with Crippen molar-refractivity contribution in [3.05, 3.63) is 64.1 Å². The summed E-state index contributed by atoms with van der Waals surface area (Å²) < 4.78 is 0.857. The fourth-order valence-electron chi connectivity index (χ4n) is 4.75. The third-order valence-electron chi connectivity index (χ3n) is 5.89. The maximum Gasteiger partial charge on any atom is 0.253 e. The Labute approximate surface area is 166 Å². The maximum absolute atomic E-state index is 13.4. The SMILES string of the molecule is Cc1ccc([C@H]2[C@H]3C(=O)N(c4cccc(Br)c4)C(=O)[C@@H]3N3CCCN23)cc1. The number of hydrazine groups is 1. The van der Waals surface area contributed by atoms with E-state index < -0.39 is 6.04 Å². The van der Waals surface area contributed by atoms with Crippen molar-refractivity contribution in [3.8, 4) is 0 Å². The molecule has 0 radical (unpaired) electrons. The Morgan fingerprint density at radius 1 is 0.926 bits per heavy atom. The molecule has 6 heteroatoms. The molecule has 3 saturated heterocycles. The van der Waals surface area contributed by atoms with Crippen molar-refractivity contribution in [1.82, 2.24) is 10.0 Å². The normalized spacial score (nSPS) is 28.1. The zero-order valence-electron chi connectivity index (χ0n) is 15.0. The van der Waals surface area contributed by atoms with Crippen molar-refractivity contribution in [2.24, 2.45) is 5.92 Å². The highest BCUT2D eigenvalue weighted by Gasteiger charge is 2.62. The first kappa shape index (κ1) is 17.1. The van der Waals surface area contributed by atoms with Gasteiger partial charge in [-0.1, -0.05) is 51.8 Å². The van der Waals surface area contributed by atoms with Crippen LogP contribution in [0.3, 0.4) is 0 Å². The van der Waals surface area contributed by atoms with Gasteiger partial charge in [0, 0.05) is 17.6 Å². The Morgan fingerprint density at radius 2 is 1.63 bits per heavy atom. The Bertz CT molecular complexity index is 929. The Hall–Kier alpha value is -2.02. The van der Waals surface area contributed by atoms with Gasteiger partial charge in [-0.05, 0) is 37.1 Å². The number of halogens is 1. The first-order chi connectivity index (χ1) is 13.1. The van der Waals surface area contributed by atoms with Crippen LogP contribution in [0, 0.1) is 12.8 Å². The van der Waals surface area contributed by atoms with E-state index in [1.165, 1.54) is 10.5 Å². The monoisotopic (exact) mass is 425 g/mol. The molecule has 3 aliphatic rings. The number of anilines is 1. The fraction of sp³-hybridized carbons (Fsp3) is 0.333. The van der Waals surface area contributed by atoms with Gasteiger partial charge in [-0.25, -0.2) is 14.9 Å². The zero-order chi connectivity index (χ0) is 18.7. The van der Waals surface area contributed by atoms with E-state index in [1.54, 1.807) is 0 Å². The van der Waals surface area contributed by atoms with Gasteiger partial charge in [0.2, 0.25) is 5.91 Å². The quantitative estimate of drug-likeness (QED) is 0.692. The molecule has 0 aromatic heterocycles. The summed E-state index contributed by atoms with van der Waals surface area (Å²) in [6.45, 7) is 3.78. The summed E-state index contributed by atoms with van der Waals surface area (Å²) >= 11 is 3.44. The van der Waals surface area contributed by atoms with Crippen molar-refractivity contribution in [2.75, 3.05) is 18.0 Å². The van der Waals surface area contributed by atoms with Crippen LogP contribution < -0.4 is 4.90 Å². The van der Waals surface area contributed by atoms with Gasteiger partial charge in [0.1, 0.15) is 6.04 Å². The van der Waals surface area contributed by atoms with Crippen LogP contribution in [-0.4, -0.2) is 41.0 Å². The second kappa shape index (κ2) is 6.26. The first-order valence-corrected chi connectivity index (χ1v) is 10.1. The van der Waals surface area contributed by atoms with Crippen molar-refractivity contribution in [1.29, 1.82) is 0 Å². The van der Waals surface area contributed by atoms with E-state index in [4.69, 9.17) is 0 Å². The van der Waals surface area contributed by atoms with Gasteiger partial charge >= 0.3 is 0 Å². The lowest BCUT2D eigenvalue weighted by molar-refractivity contribution is -0.126. The van der Waals surface area contributed by atoms with E-state index in [0.29, 0.717) is 5.69 Å². The number of amides is 2. The number of rotatable bonds is 2. The molecule has 5 nitrogen and oxygen atoms in total. The second-order valence-corrected chi connectivity index (χ2v) is 8.41. The van der Waals surface area contributed by atoms with Crippen molar-refractivity contribution < 1.29 is 9.59 Å². The molecule has 138 valence electrons. The van der Waals surface area contributed by atoms with Gasteiger partial charge in [0.05, 0.1) is 17.6 Å². The van der Waals surface area contributed by atoms with Gasteiger partial charge < -0.3 is 0 Å². The minimum absolute atomic E-state index is 0.0771. The van der Waals surface area contributed by atoms with E-state index in [0.717, 1.165) is 29.5 Å². The van der Waals surface area contributed by atoms with Gasteiger partial charge in [0.15, 0.2) is 0 Å². The standard InChI is InChI=1S/C21H20BrN3O2/c1-13-6-8-14(9-7-13)18-17-19(24-11-3-10-23(18)24)21(27)25(20(17)26)16-5-2-4-15(22)12-16/h2,4-9,12,17-19H,3,10-11H2,1H3/t17-,18+,19-/m1/s1. The minimum Gasteiger partial charge on any atom is -0.274 e. The molecule has 2 aromatic carbocycles. The van der Waals surface area contributed by atoms with Gasteiger partial charge in [-0.3, -0.25) is 9.59 Å². The number of carbonyl (C=O) groups is 2. The molecule has 3 fully saturated rings. The number of hydrogen-bond acceptors (Lipinski definition) is 4. The van der Waals surface area contributed by atoms with Crippen LogP contribution >= 0.6 is 15.9 Å². The number of imide groups is 1. The predicted molar refractivity (Wildman–Crippen MR) is 106 cm³/mol. The summed E-state index contributed by atoms with van der Waals surface area (Å²) in [7, 11) is 0. The van der Waals surface area contributed by atoms with E-state index >= 15 is 0 Å². The van der Waals surface area contributed by atoms with Crippen LogP contribution in [0.5, 0.6) is 0 Å². The molecule has 5 rings (SSSR count). The predicted octanol–water partition coefficient (Wildman–Crippen LogP) is 3.29. The summed E-state index contributed by atoms with van der Waals surface area (Å²) in [5.74, 6) is -0.563. The molecular formula is C21H20BrN3O2. The van der Waals surface area contributed by atoms with Gasteiger partial charge in [-0.2, -0.15) is 0 Å². The molecule has 0 unspecified atom stereocenters. The summed E-state index contributed by atoms with van der Waals surface area (Å²) in [5, 5.41) is 4.38.